The maximum absolute atomic E-state index is 13.0. The summed E-state index contributed by atoms with van der Waals surface area (Å²) in [5.41, 5.74) is 0.940. The van der Waals surface area contributed by atoms with Gasteiger partial charge in [0.15, 0.2) is 0 Å². The third kappa shape index (κ3) is 4.54. The third-order valence-electron chi connectivity index (χ3n) is 4.67. The number of esters is 1. The largest absolute Gasteiger partial charge is 0.454 e. The van der Waals surface area contributed by atoms with Gasteiger partial charge in [-0.1, -0.05) is 18.6 Å². The molecule has 0 saturated carbocycles. The summed E-state index contributed by atoms with van der Waals surface area (Å²) in [6, 6.07) is 11.5. The first-order chi connectivity index (χ1) is 12.9. The number of sulfonamides is 1. The minimum absolute atomic E-state index is 0.174. The molecule has 1 fully saturated rings. The monoisotopic (exact) mass is 391 g/mol. The highest BCUT2D eigenvalue weighted by Crippen LogP contribution is 2.22. The van der Waals surface area contributed by atoms with E-state index in [-0.39, 0.29) is 16.3 Å². The predicted octanol–water partition coefficient (Wildman–Crippen LogP) is 3.92. The highest BCUT2D eigenvalue weighted by atomic mass is 32.2. The molecule has 5 nitrogen and oxygen atoms in total. The summed E-state index contributed by atoms with van der Waals surface area (Å²) in [5, 5.41) is 0. The Bertz CT molecular complexity index is 889. The molecule has 2 aromatic rings. The van der Waals surface area contributed by atoms with Crippen LogP contribution < -0.4 is 0 Å². The van der Waals surface area contributed by atoms with E-state index in [1.54, 1.807) is 19.1 Å². The number of halogens is 1. The molecule has 1 atom stereocenters. The van der Waals surface area contributed by atoms with Gasteiger partial charge in [-0.25, -0.2) is 17.6 Å². The van der Waals surface area contributed by atoms with E-state index in [1.807, 2.05) is 0 Å². The summed E-state index contributed by atoms with van der Waals surface area (Å²) in [5.74, 6) is -0.920. The number of benzene rings is 2. The number of piperidine rings is 1. The Kier molecular flexibility index (Phi) is 5.92. The van der Waals surface area contributed by atoms with E-state index >= 15 is 0 Å². The number of hydrogen-bond donors (Lipinski definition) is 0. The van der Waals surface area contributed by atoms with Crippen LogP contribution in [0.3, 0.4) is 0 Å². The quantitative estimate of drug-likeness (QED) is 0.725. The van der Waals surface area contributed by atoms with Gasteiger partial charge in [0.1, 0.15) is 11.9 Å². The molecule has 0 radical (unpaired) electrons. The van der Waals surface area contributed by atoms with Crippen molar-refractivity contribution < 1.29 is 22.3 Å². The van der Waals surface area contributed by atoms with Crippen LogP contribution in [0.2, 0.25) is 0 Å². The minimum atomic E-state index is -3.53. The fourth-order valence-corrected chi connectivity index (χ4v) is 4.56. The van der Waals surface area contributed by atoms with E-state index in [2.05, 4.69) is 0 Å². The van der Waals surface area contributed by atoms with Crippen molar-refractivity contribution in [3.63, 3.8) is 0 Å². The van der Waals surface area contributed by atoms with Gasteiger partial charge in [-0.15, -0.1) is 0 Å². The number of nitrogens with zero attached hydrogens (tertiary/aromatic N) is 1. The molecule has 0 aromatic heterocycles. The van der Waals surface area contributed by atoms with Gasteiger partial charge >= 0.3 is 5.97 Å². The second-order valence-electron chi connectivity index (χ2n) is 6.59. The standard InChI is InChI=1S/C20H22FNO4S/c1-15(16-5-9-18(21)10-6-16)26-20(23)17-7-11-19(12-8-17)27(24,25)22-13-3-2-4-14-22/h5-12,15H,2-4,13-14H2,1H3/t15-/m1/s1. The zero-order valence-corrected chi connectivity index (χ0v) is 15.9. The summed E-state index contributed by atoms with van der Waals surface area (Å²) in [4.78, 5) is 12.5. The summed E-state index contributed by atoms with van der Waals surface area (Å²) >= 11 is 0. The zero-order chi connectivity index (χ0) is 19.4. The zero-order valence-electron chi connectivity index (χ0n) is 15.1. The average Bonchev–Trinajstić information content (AvgIpc) is 2.69. The van der Waals surface area contributed by atoms with Gasteiger partial charge in [-0.05, 0) is 61.7 Å². The van der Waals surface area contributed by atoms with Crippen LogP contribution >= 0.6 is 0 Å². The molecule has 1 heterocycles. The lowest BCUT2D eigenvalue weighted by molar-refractivity contribution is 0.0337. The van der Waals surface area contributed by atoms with Gasteiger partial charge in [0.05, 0.1) is 10.5 Å². The molecular formula is C20H22FNO4S. The van der Waals surface area contributed by atoms with Gasteiger partial charge < -0.3 is 4.74 Å². The van der Waals surface area contributed by atoms with Crippen LogP contribution in [0, 0.1) is 5.82 Å². The van der Waals surface area contributed by atoms with Crippen LogP contribution in [-0.2, 0) is 14.8 Å². The Labute approximate surface area is 158 Å². The summed E-state index contributed by atoms with van der Waals surface area (Å²) in [7, 11) is -3.53. The molecule has 1 saturated heterocycles. The van der Waals surface area contributed by atoms with Crippen molar-refractivity contribution in [1.82, 2.24) is 4.31 Å². The SMILES string of the molecule is C[C@@H](OC(=O)c1ccc(S(=O)(=O)N2CCCCC2)cc1)c1ccc(F)cc1. The van der Waals surface area contributed by atoms with Gasteiger partial charge in [0, 0.05) is 13.1 Å². The minimum Gasteiger partial charge on any atom is -0.454 e. The van der Waals surface area contributed by atoms with E-state index < -0.39 is 22.1 Å². The lowest BCUT2D eigenvalue weighted by Gasteiger charge is -2.25. The van der Waals surface area contributed by atoms with Crippen molar-refractivity contribution in [2.75, 3.05) is 13.1 Å². The fraction of sp³-hybridized carbons (Fsp3) is 0.350. The van der Waals surface area contributed by atoms with Crippen LogP contribution in [0.15, 0.2) is 53.4 Å². The normalized spacial score (nSPS) is 16.7. The number of rotatable bonds is 5. The Morgan fingerprint density at radius 2 is 1.59 bits per heavy atom. The summed E-state index contributed by atoms with van der Waals surface area (Å²) in [6.45, 7) is 2.75. The molecule has 1 aliphatic heterocycles. The third-order valence-corrected chi connectivity index (χ3v) is 6.58. The molecular weight excluding hydrogens is 369 g/mol. The molecule has 144 valence electrons. The van der Waals surface area contributed by atoms with Crippen molar-refractivity contribution in [3.05, 3.63) is 65.5 Å². The van der Waals surface area contributed by atoms with Crippen LogP contribution in [0.1, 0.15) is 48.2 Å². The molecule has 0 unspecified atom stereocenters. The molecule has 3 rings (SSSR count). The Morgan fingerprint density at radius 3 is 2.19 bits per heavy atom. The molecule has 1 aliphatic rings. The predicted molar refractivity (Wildman–Crippen MR) is 99.3 cm³/mol. The van der Waals surface area contributed by atoms with Gasteiger partial charge in [0.2, 0.25) is 10.0 Å². The Balaban J connectivity index is 1.69. The van der Waals surface area contributed by atoms with Crippen LogP contribution in [0.25, 0.3) is 0 Å². The second-order valence-corrected chi connectivity index (χ2v) is 8.53. The number of hydrogen-bond acceptors (Lipinski definition) is 4. The van der Waals surface area contributed by atoms with Crippen LogP contribution in [0.5, 0.6) is 0 Å². The Morgan fingerprint density at radius 1 is 1.00 bits per heavy atom. The van der Waals surface area contributed by atoms with E-state index in [9.17, 15) is 17.6 Å². The van der Waals surface area contributed by atoms with Crippen molar-refractivity contribution >= 4 is 16.0 Å². The fourth-order valence-electron chi connectivity index (χ4n) is 3.05. The van der Waals surface area contributed by atoms with E-state index in [4.69, 9.17) is 4.74 Å². The maximum atomic E-state index is 13.0. The average molecular weight is 391 g/mol. The van der Waals surface area contributed by atoms with Gasteiger partial charge in [-0.3, -0.25) is 0 Å². The smallest absolute Gasteiger partial charge is 0.338 e. The molecule has 0 amide bonds. The van der Waals surface area contributed by atoms with Crippen molar-refractivity contribution in [1.29, 1.82) is 0 Å². The molecule has 0 N–H and O–H groups in total. The van der Waals surface area contributed by atoms with Crippen LogP contribution in [-0.4, -0.2) is 31.8 Å². The summed E-state index contributed by atoms with van der Waals surface area (Å²) in [6.07, 6.45) is 2.23. The first-order valence-corrected chi connectivity index (χ1v) is 10.4. The lowest BCUT2D eigenvalue weighted by atomic mass is 10.1. The van der Waals surface area contributed by atoms with Crippen molar-refractivity contribution in [2.45, 2.75) is 37.2 Å². The van der Waals surface area contributed by atoms with E-state index in [0.29, 0.717) is 18.7 Å². The number of ether oxygens (including phenoxy) is 1. The maximum Gasteiger partial charge on any atom is 0.338 e. The number of carbonyl (C=O) groups excluding carboxylic acids is 1. The number of carbonyl (C=O) groups is 1. The van der Waals surface area contributed by atoms with E-state index in [0.717, 1.165) is 19.3 Å². The van der Waals surface area contributed by atoms with Gasteiger partial charge in [-0.2, -0.15) is 4.31 Å². The highest BCUT2D eigenvalue weighted by molar-refractivity contribution is 7.89. The second kappa shape index (κ2) is 8.19. The first kappa shape index (κ1) is 19.5. The van der Waals surface area contributed by atoms with Crippen molar-refractivity contribution in [2.24, 2.45) is 0 Å². The van der Waals surface area contributed by atoms with E-state index in [1.165, 1.54) is 40.7 Å². The molecule has 0 spiro atoms. The highest BCUT2D eigenvalue weighted by Gasteiger charge is 2.26. The summed E-state index contributed by atoms with van der Waals surface area (Å²) < 4.78 is 45.1. The molecule has 7 heteroatoms. The molecule has 27 heavy (non-hydrogen) atoms. The van der Waals surface area contributed by atoms with Crippen molar-refractivity contribution in [3.8, 4) is 0 Å². The first-order valence-electron chi connectivity index (χ1n) is 8.94. The van der Waals surface area contributed by atoms with Crippen LogP contribution in [0.4, 0.5) is 4.39 Å². The molecule has 0 bridgehead atoms. The topological polar surface area (TPSA) is 63.7 Å². The van der Waals surface area contributed by atoms with Gasteiger partial charge in [0.25, 0.3) is 0 Å². The lowest BCUT2D eigenvalue weighted by Crippen LogP contribution is -2.35. The Hall–Kier alpha value is -2.25. The molecule has 2 aromatic carbocycles. The molecule has 0 aliphatic carbocycles.